The number of nitrogens with one attached hydrogen (secondary N) is 2. The molecule has 0 saturated carbocycles. The Labute approximate surface area is 376 Å². The Kier molecular flexibility index (Phi) is 14.3. The second kappa shape index (κ2) is 19.7. The highest BCUT2D eigenvalue weighted by Gasteiger charge is 2.38. The van der Waals surface area contributed by atoms with Gasteiger partial charge in [0.25, 0.3) is 5.91 Å². The Hall–Kier alpha value is -5.57. The van der Waals surface area contributed by atoms with Crippen LogP contribution in [0.4, 0.5) is 0 Å². The maximum absolute atomic E-state index is 14.7. The van der Waals surface area contributed by atoms with E-state index in [4.69, 9.17) is 14.5 Å². The van der Waals surface area contributed by atoms with E-state index in [1.165, 1.54) is 11.1 Å². The molecule has 5 heterocycles. The summed E-state index contributed by atoms with van der Waals surface area (Å²) in [6.45, 7) is 17.2. The van der Waals surface area contributed by atoms with Gasteiger partial charge in [0.05, 0.1) is 30.6 Å². The van der Waals surface area contributed by atoms with Gasteiger partial charge in [-0.25, -0.2) is 5.43 Å². The highest BCUT2D eigenvalue weighted by atomic mass is 16.5. The van der Waals surface area contributed by atoms with Gasteiger partial charge in [0.15, 0.2) is 0 Å². The fourth-order valence-corrected chi connectivity index (χ4v) is 10.0. The summed E-state index contributed by atoms with van der Waals surface area (Å²) < 4.78 is 14.0. The highest BCUT2D eigenvalue weighted by Crippen LogP contribution is 2.41. The topological polar surface area (TPSA) is 159 Å². The van der Waals surface area contributed by atoms with E-state index in [1.807, 2.05) is 44.0 Å². The summed E-state index contributed by atoms with van der Waals surface area (Å²) >= 11 is 0. The lowest BCUT2D eigenvalue weighted by Gasteiger charge is -2.37. The smallest absolute Gasteiger partial charge is 0.324 e. The molecule has 0 aliphatic carbocycles. The number of hydrazine groups is 1. The van der Waals surface area contributed by atoms with Crippen LogP contribution in [0.15, 0.2) is 67.4 Å². The summed E-state index contributed by atoms with van der Waals surface area (Å²) in [4.78, 5) is 63.9. The van der Waals surface area contributed by atoms with E-state index in [0.29, 0.717) is 64.2 Å². The minimum absolute atomic E-state index is 0.0338. The van der Waals surface area contributed by atoms with Crippen molar-refractivity contribution in [3.63, 3.8) is 0 Å². The minimum Gasteiger partial charge on any atom is -0.508 e. The monoisotopic (exact) mass is 875 g/mol. The molecule has 2 fully saturated rings. The number of ether oxygens (including phenoxy) is 2. The molecular formula is C50H65N7O7. The SMILES string of the molecule is C=CC(=O)N1CC[C@H](CN(C)[C@H](C(=O)N[C@H]2Cc3cc(O)cc(c3)-c3ccc4c(c3)c(c(-c3cccnc3COC)n4CC)CC(C)(C)COC(=O)[C@@H]3CCCN(N3)C2=O)C(C)C)C1. The van der Waals surface area contributed by atoms with Crippen LogP contribution in [0.1, 0.15) is 70.7 Å². The Morgan fingerprint density at radius 3 is 2.66 bits per heavy atom. The number of fused-ring (bicyclic) bond motifs is 6. The lowest BCUT2D eigenvalue weighted by atomic mass is 9.84. The Morgan fingerprint density at radius 2 is 1.92 bits per heavy atom. The molecule has 64 heavy (non-hydrogen) atoms. The number of cyclic esters (lactones) is 1. The number of phenols is 1. The van der Waals surface area contributed by atoms with E-state index in [2.05, 4.69) is 60.9 Å². The van der Waals surface area contributed by atoms with Crippen LogP contribution in [0, 0.1) is 17.3 Å². The number of aryl methyl sites for hydroxylation is 1. The number of carbonyl (C=O) groups excluding carboxylic acids is 4. The van der Waals surface area contributed by atoms with E-state index in [9.17, 15) is 24.3 Å². The van der Waals surface area contributed by atoms with E-state index in [-0.39, 0.29) is 48.3 Å². The van der Waals surface area contributed by atoms with Gasteiger partial charge in [0.1, 0.15) is 17.8 Å². The lowest BCUT2D eigenvalue weighted by molar-refractivity contribution is -0.155. The first-order valence-corrected chi connectivity index (χ1v) is 22.7. The number of likely N-dealkylation sites (N-methyl/N-ethyl adjacent to an activating group) is 1. The Balaban J connectivity index is 1.29. The molecule has 3 amide bonds. The molecule has 4 aromatic rings. The molecule has 14 heteroatoms. The molecule has 0 spiro atoms. The predicted octanol–water partition coefficient (Wildman–Crippen LogP) is 5.88. The molecule has 3 N–H and O–H groups in total. The number of nitrogens with zero attached hydrogens (tertiary/aromatic N) is 5. The van der Waals surface area contributed by atoms with Gasteiger partial charge in [0.2, 0.25) is 11.8 Å². The number of phenolic OH excluding ortho intramolecular Hbond substituents is 1. The van der Waals surface area contributed by atoms with Crippen LogP contribution in [0.3, 0.4) is 0 Å². The molecule has 7 rings (SSSR count). The molecule has 342 valence electrons. The van der Waals surface area contributed by atoms with Crippen molar-refractivity contribution in [1.82, 2.24) is 35.1 Å². The third-order valence-corrected chi connectivity index (χ3v) is 13.0. The first-order valence-electron chi connectivity index (χ1n) is 22.7. The van der Waals surface area contributed by atoms with Crippen LogP contribution in [0.5, 0.6) is 5.75 Å². The van der Waals surface area contributed by atoms with Crippen molar-refractivity contribution in [2.45, 2.75) is 98.0 Å². The van der Waals surface area contributed by atoms with Crippen LogP contribution in [0.25, 0.3) is 33.3 Å². The van der Waals surface area contributed by atoms with E-state index in [0.717, 1.165) is 51.0 Å². The molecule has 3 aliphatic rings. The molecule has 2 saturated heterocycles. The van der Waals surface area contributed by atoms with Crippen molar-refractivity contribution in [3.8, 4) is 28.1 Å². The molecule has 4 atom stereocenters. The summed E-state index contributed by atoms with van der Waals surface area (Å²) in [6.07, 6.45) is 5.61. The zero-order valence-electron chi connectivity index (χ0n) is 38.5. The number of hydrogen-bond donors (Lipinski definition) is 3. The predicted molar refractivity (Wildman–Crippen MR) is 247 cm³/mol. The third-order valence-electron chi connectivity index (χ3n) is 13.0. The molecule has 0 unspecified atom stereocenters. The quantitative estimate of drug-likeness (QED) is 0.123. The van der Waals surface area contributed by atoms with Crippen molar-refractivity contribution < 1.29 is 33.8 Å². The van der Waals surface area contributed by atoms with Crippen LogP contribution < -0.4 is 10.7 Å². The molecule has 3 aliphatic heterocycles. The molecule has 2 aromatic carbocycles. The number of aromatic nitrogens is 2. The number of likely N-dealkylation sites (tertiary alicyclic amines) is 1. The summed E-state index contributed by atoms with van der Waals surface area (Å²) in [7, 11) is 3.57. The molecule has 14 nitrogen and oxygen atoms in total. The summed E-state index contributed by atoms with van der Waals surface area (Å²) in [5, 5.41) is 16.9. The molecule has 0 radical (unpaired) electrons. The lowest BCUT2D eigenvalue weighted by Crippen LogP contribution is -2.62. The number of methoxy groups -OCH3 is 1. The zero-order chi connectivity index (χ0) is 45.9. The minimum atomic E-state index is -1.04. The van der Waals surface area contributed by atoms with Gasteiger partial charge < -0.3 is 29.4 Å². The number of pyridine rings is 1. The maximum atomic E-state index is 14.7. The highest BCUT2D eigenvalue weighted by molar-refractivity contribution is 5.96. The van der Waals surface area contributed by atoms with Crippen LogP contribution >= 0.6 is 0 Å². The second-order valence-corrected chi connectivity index (χ2v) is 18.9. The van der Waals surface area contributed by atoms with E-state index in [1.54, 1.807) is 30.3 Å². The number of aromatic hydroxyl groups is 1. The van der Waals surface area contributed by atoms with Gasteiger partial charge in [0, 0.05) is 74.3 Å². The average Bonchev–Trinajstić information content (AvgIpc) is 3.86. The summed E-state index contributed by atoms with van der Waals surface area (Å²) in [6, 6.07) is 13.3. The van der Waals surface area contributed by atoms with Gasteiger partial charge in [-0.3, -0.25) is 34.1 Å². The number of benzene rings is 2. The maximum Gasteiger partial charge on any atom is 0.324 e. The van der Waals surface area contributed by atoms with Gasteiger partial charge in [-0.05, 0) is 116 Å². The standard InChI is InChI=1S/C50H65N7O7/c1-9-44(59)55-20-17-32(28-55)27-54(7)45(31(3)4)47(60)52-41-23-33-21-35(24-36(58)22-33)34-15-16-43-38(25-34)39(46(56(43)10-2)37-13-11-18-51-42(37)29-63-8)26-50(5,6)30-64-49(62)40-14-12-19-57(53-40)48(41)61/h9,11,13,15-16,18,21-22,24-25,31-32,40-41,45,53,58H,1,10,12,14,17,19-20,23,26-30H2,2-8H3,(H,52,60)/t32-,40+,41+,45+/m1/s1. The van der Waals surface area contributed by atoms with Crippen molar-refractivity contribution in [1.29, 1.82) is 0 Å². The molecule has 2 aromatic heterocycles. The van der Waals surface area contributed by atoms with E-state index >= 15 is 0 Å². The fraction of sp³-hybridized carbons (Fsp3) is 0.500. The summed E-state index contributed by atoms with van der Waals surface area (Å²) in [5.74, 6) is -1.13. The second-order valence-electron chi connectivity index (χ2n) is 18.9. The number of esters is 1. The Morgan fingerprint density at radius 1 is 1.12 bits per heavy atom. The normalized spacial score (nSPS) is 20.9. The first kappa shape index (κ1) is 46.4. The molecular weight excluding hydrogens is 811 g/mol. The zero-order valence-corrected chi connectivity index (χ0v) is 38.5. The number of rotatable bonds is 11. The van der Waals surface area contributed by atoms with Crippen molar-refractivity contribution in [3.05, 3.63) is 84.2 Å². The van der Waals surface area contributed by atoms with Crippen molar-refractivity contribution in [2.24, 2.45) is 17.3 Å². The number of hydrogen-bond acceptors (Lipinski definition) is 10. The van der Waals surface area contributed by atoms with Gasteiger partial charge >= 0.3 is 5.97 Å². The van der Waals surface area contributed by atoms with Gasteiger partial charge in [-0.1, -0.05) is 46.4 Å². The first-order chi connectivity index (χ1) is 30.6. The Bertz CT molecular complexity index is 2390. The van der Waals surface area contributed by atoms with Gasteiger partial charge in [-0.2, -0.15) is 0 Å². The van der Waals surface area contributed by atoms with Crippen LogP contribution in [-0.2, 0) is 54.6 Å². The number of carbonyl (C=O) groups is 4. The fourth-order valence-electron chi connectivity index (χ4n) is 10.0. The van der Waals surface area contributed by atoms with Crippen molar-refractivity contribution in [2.75, 3.05) is 46.9 Å². The number of amides is 3. The molecule has 6 bridgehead atoms. The van der Waals surface area contributed by atoms with Crippen LogP contribution in [0.2, 0.25) is 0 Å². The van der Waals surface area contributed by atoms with Crippen LogP contribution in [-0.4, -0.2) is 118 Å². The van der Waals surface area contributed by atoms with Gasteiger partial charge in [-0.15, -0.1) is 0 Å². The third kappa shape index (κ3) is 10.0. The largest absolute Gasteiger partial charge is 0.508 e. The summed E-state index contributed by atoms with van der Waals surface area (Å²) in [5.41, 5.74) is 9.87. The average molecular weight is 876 g/mol. The van der Waals surface area contributed by atoms with Crippen molar-refractivity contribution >= 4 is 34.6 Å². The van der Waals surface area contributed by atoms with E-state index < -0.39 is 29.5 Å².